The van der Waals surface area contributed by atoms with Gasteiger partial charge in [-0.05, 0) is 72.0 Å². The van der Waals surface area contributed by atoms with Crippen molar-refractivity contribution < 1.29 is 18.3 Å². The van der Waals surface area contributed by atoms with Gasteiger partial charge in [0.05, 0.1) is 7.11 Å². The van der Waals surface area contributed by atoms with E-state index in [1.54, 1.807) is 19.2 Å². The zero-order valence-electron chi connectivity index (χ0n) is 16.0. The maximum Gasteiger partial charge on any atom is 0.166 e. The lowest BCUT2D eigenvalue weighted by atomic mass is 9.89. The second kappa shape index (κ2) is 8.31. The number of benzene rings is 3. The van der Waals surface area contributed by atoms with Crippen LogP contribution in [0.15, 0.2) is 84.6 Å². The summed E-state index contributed by atoms with van der Waals surface area (Å²) in [5, 5.41) is 0. The van der Waals surface area contributed by atoms with E-state index < -0.39 is 11.6 Å². The van der Waals surface area contributed by atoms with Crippen molar-refractivity contribution in [3.63, 3.8) is 0 Å². The van der Waals surface area contributed by atoms with Crippen LogP contribution in [0.25, 0.3) is 16.7 Å². The van der Waals surface area contributed by atoms with Crippen LogP contribution in [0, 0.1) is 11.6 Å². The van der Waals surface area contributed by atoms with Gasteiger partial charge in [0.2, 0.25) is 0 Å². The highest BCUT2D eigenvalue weighted by Crippen LogP contribution is 2.38. The summed E-state index contributed by atoms with van der Waals surface area (Å²) in [6, 6.07) is 19.2. The molecule has 0 N–H and O–H groups in total. The number of methoxy groups -OCH3 is 1. The summed E-state index contributed by atoms with van der Waals surface area (Å²) >= 11 is 0. The first-order valence-corrected chi connectivity index (χ1v) is 9.42. The van der Waals surface area contributed by atoms with Crippen LogP contribution in [0.3, 0.4) is 0 Å². The molecule has 29 heavy (non-hydrogen) atoms. The second-order valence-corrected chi connectivity index (χ2v) is 6.74. The fourth-order valence-electron chi connectivity index (χ4n) is 3.45. The maximum atomic E-state index is 14.6. The third-order valence-corrected chi connectivity index (χ3v) is 4.87. The highest BCUT2D eigenvalue weighted by molar-refractivity contribution is 5.84. The molecule has 0 heterocycles. The van der Waals surface area contributed by atoms with E-state index in [0.29, 0.717) is 11.3 Å². The minimum absolute atomic E-state index is 0.208. The van der Waals surface area contributed by atoms with E-state index in [-0.39, 0.29) is 5.56 Å². The van der Waals surface area contributed by atoms with E-state index in [0.717, 1.165) is 41.6 Å². The van der Waals surface area contributed by atoms with Crippen LogP contribution >= 0.6 is 0 Å². The van der Waals surface area contributed by atoms with Crippen LogP contribution < -0.4 is 9.47 Å². The largest absolute Gasteiger partial charge is 0.497 e. The molecule has 146 valence electrons. The summed E-state index contributed by atoms with van der Waals surface area (Å²) in [4.78, 5) is 0. The lowest BCUT2D eigenvalue weighted by Crippen LogP contribution is -2.01. The van der Waals surface area contributed by atoms with Gasteiger partial charge in [-0.15, -0.1) is 0 Å². The molecule has 0 fully saturated rings. The SMILES string of the molecule is COc1ccc(C2=CC(Oc3ccccc3)=CCC2)c(-c2cccc(F)c2F)c1. The fourth-order valence-corrected chi connectivity index (χ4v) is 3.45. The molecule has 0 aliphatic heterocycles. The van der Waals surface area contributed by atoms with Gasteiger partial charge < -0.3 is 9.47 Å². The normalized spacial score (nSPS) is 13.5. The van der Waals surface area contributed by atoms with Crippen molar-refractivity contribution in [2.75, 3.05) is 7.11 Å². The smallest absolute Gasteiger partial charge is 0.166 e. The minimum atomic E-state index is -0.873. The molecule has 0 saturated heterocycles. The first-order valence-electron chi connectivity index (χ1n) is 9.42. The third-order valence-electron chi connectivity index (χ3n) is 4.87. The van der Waals surface area contributed by atoms with E-state index >= 15 is 0 Å². The maximum absolute atomic E-state index is 14.6. The van der Waals surface area contributed by atoms with Crippen LogP contribution in [0.4, 0.5) is 8.78 Å². The van der Waals surface area contributed by atoms with Crippen molar-refractivity contribution >= 4 is 5.57 Å². The van der Waals surface area contributed by atoms with Crippen LogP contribution in [0.5, 0.6) is 11.5 Å². The van der Waals surface area contributed by atoms with Gasteiger partial charge in [0.1, 0.15) is 17.3 Å². The molecule has 0 unspecified atom stereocenters. The number of ether oxygens (including phenoxy) is 2. The van der Waals surface area contributed by atoms with Gasteiger partial charge in [-0.3, -0.25) is 0 Å². The first kappa shape index (κ1) is 18.9. The van der Waals surface area contributed by atoms with Gasteiger partial charge >= 0.3 is 0 Å². The standard InChI is InChI=1S/C25H20F2O2/c1-28-19-13-14-21(23(16-19)22-11-6-12-24(26)25(22)27)17-7-5-10-20(15-17)29-18-8-3-2-4-9-18/h2-4,6,8-16H,5,7H2,1H3. The predicted molar refractivity (Wildman–Crippen MR) is 111 cm³/mol. The Morgan fingerprint density at radius 2 is 1.62 bits per heavy atom. The topological polar surface area (TPSA) is 18.5 Å². The van der Waals surface area contributed by atoms with E-state index in [4.69, 9.17) is 9.47 Å². The Bertz CT molecular complexity index is 1090. The molecule has 0 spiro atoms. The van der Waals surface area contributed by atoms with E-state index in [2.05, 4.69) is 0 Å². The number of hydrogen-bond donors (Lipinski definition) is 0. The molecular formula is C25H20F2O2. The highest BCUT2D eigenvalue weighted by Gasteiger charge is 2.18. The van der Waals surface area contributed by atoms with Crippen molar-refractivity contribution in [3.05, 3.63) is 102 Å². The summed E-state index contributed by atoms with van der Waals surface area (Å²) in [6.45, 7) is 0. The first-order chi connectivity index (χ1) is 14.2. The van der Waals surface area contributed by atoms with Crippen molar-refractivity contribution in [3.8, 4) is 22.6 Å². The Morgan fingerprint density at radius 3 is 2.41 bits per heavy atom. The second-order valence-electron chi connectivity index (χ2n) is 6.74. The molecule has 4 heteroatoms. The van der Waals surface area contributed by atoms with E-state index in [9.17, 15) is 8.78 Å². The van der Waals surface area contributed by atoms with Gasteiger partial charge in [0.15, 0.2) is 11.6 Å². The Kier molecular flexibility index (Phi) is 5.43. The Hall–Kier alpha value is -3.40. The third kappa shape index (κ3) is 4.06. The zero-order chi connectivity index (χ0) is 20.2. The summed E-state index contributed by atoms with van der Waals surface area (Å²) in [6.07, 6.45) is 5.56. The summed E-state index contributed by atoms with van der Waals surface area (Å²) in [7, 11) is 1.55. The molecule has 3 aromatic rings. The van der Waals surface area contributed by atoms with Crippen molar-refractivity contribution in [2.45, 2.75) is 12.8 Å². The lowest BCUT2D eigenvalue weighted by molar-refractivity contribution is 0.415. The molecule has 0 bridgehead atoms. The van der Waals surface area contributed by atoms with Crippen LogP contribution in [-0.4, -0.2) is 7.11 Å². The van der Waals surface area contributed by atoms with Gasteiger partial charge in [0, 0.05) is 5.56 Å². The molecule has 1 aliphatic rings. The number of allylic oxidation sites excluding steroid dienone is 3. The molecule has 3 aromatic carbocycles. The summed E-state index contributed by atoms with van der Waals surface area (Å²) in [5.41, 5.74) is 2.63. The monoisotopic (exact) mass is 390 g/mol. The van der Waals surface area contributed by atoms with Crippen molar-refractivity contribution in [1.82, 2.24) is 0 Å². The Balaban J connectivity index is 1.76. The fraction of sp³-hybridized carbons (Fsp3) is 0.120. The highest BCUT2D eigenvalue weighted by atomic mass is 19.2. The number of hydrogen-bond acceptors (Lipinski definition) is 2. The quantitative estimate of drug-likeness (QED) is 0.478. The molecule has 0 atom stereocenters. The van der Waals surface area contributed by atoms with Gasteiger partial charge in [-0.1, -0.05) is 36.4 Å². The Morgan fingerprint density at radius 1 is 0.793 bits per heavy atom. The predicted octanol–water partition coefficient (Wildman–Crippen LogP) is 6.78. The average Bonchev–Trinajstić information content (AvgIpc) is 2.76. The van der Waals surface area contributed by atoms with Crippen LogP contribution in [-0.2, 0) is 0 Å². The van der Waals surface area contributed by atoms with E-state index in [1.807, 2.05) is 54.6 Å². The van der Waals surface area contributed by atoms with Gasteiger partial charge in [-0.25, -0.2) is 8.78 Å². The summed E-state index contributed by atoms with van der Waals surface area (Å²) < 4.78 is 39.7. The van der Waals surface area contributed by atoms with Crippen molar-refractivity contribution in [2.24, 2.45) is 0 Å². The molecule has 0 aromatic heterocycles. The van der Waals surface area contributed by atoms with Crippen LogP contribution in [0.2, 0.25) is 0 Å². The Labute approximate surface area is 168 Å². The molecule has 0 amide bonds. The number of para-hydroxylation sites is 1. The van der Waals surface area contributed by atoms with Gasteiger partial charge in [0.25, 0.3) is 0 Å². The molecule has 1 aliphatic carbocycles. The molecule has 2 nitrogen and oxygen atoms in total. The molecular weight excluding hydrogens is 370 g/mol. The number of halogens is 2. The lowest BCUT2D eigenvalue weighted by Gasteiger charge is -2.19. The van der Waals surface area contributed by atoms with Crippen molar-refractivity contribution in [1.29, 1.82) is 0 Å². The minimum Gasteiger partial charge on any atom is -0.497 e. The number of rotatable bonds is 5. The zero-order valence-corrected chi connectivity index (χ0v) is 16.0. The molecule has 0 radical (unpaired) electrons. The van der Waals surface area contributed by atoms with Gasteiger partial charge in [-0.2, -0.15) is 0 Å². The average molecular weight is 390 g/mol. The molecule has 4 rings (SSSR count). The summed E-state index contributed by atoms with van der Waals surface area (Å²) in [5.74, 6) is 0.332. The molecule has 0 saturated carbocycles. The van der Waals surface area contributed by atoms with Crippen LogP contribution in [0.1, 0.15) is 18.4 Å². The van der Waals surface area contributed by atoms with E-state index in [1.165, 1.54) is 6.07 Å².